The summed E-state index contributed by atoms with van der Waals surface area (Å²) in [6.07, 6.45) is 1.42. The van der Waals surface area contributed by atoms with Gasteiger partial charge < -0.3 is 15.7 Å². The number of hydrogen-bond acceptors (Lipinski definition) is 2. The molecule has 5 nitrogen and oxygen atoms in total. The van der Waals surface area contributed by atoms with E-state index >= 15 is 0 Å². The fourth-order valence-corrected chi connectivity index (χ4v) is 1.48. The number of carbonyl (C=O) groups excluding carboxylic acids is 1. The number of halogens is 2. The van der Waals surface area contributed by atoms with Gasteiger partial charge in [0.05, 0.1) is 10.7 Å². The Bertz CT molecular complexity index is 508. The molecule has 0 aliphatic heterocycles. The minimum Gasteiger partial charge on any atom is -0.480 e. The molecule has 19 heavy (non-hydrogen) atoms. The average molecular weight is 287 g/mol. The number of carboxylic acid groups (broad SMARTS) is 1. The second-order valence-corrected chi connectivity index (χ2v) is 4.02. The molecule has 0 saturated heterocycles. The molecule has 0 heterocycles. The van der Waals surface area contributed by atoms with Crippen LogP contribution in [0.2, 0.25) is 5.02 Å². The Labute approximate surface area is 114 Å². The zero-order valence-corrected chi connectivity index (χ0v) is 10.6. The Hall–Kier alpha value is -2.08. The smallest absolute Gasteiger partial charge is 0.326 e. The summed E-state index contributed by atoms with van der Waals surface area (Å²) in [7, 11) is 0. The van der Waals surface area contributed by atoms with E-state index in [-0.39, 0.29) is 17.1 Å². The van der Waals surface area contributed by atoms with Crippen molar-refractivity contribution in [3.05, 3.63) is 41.7 Å². The first kappa shape index (κ1) is 15.0. The van der Waals surface area contributed by atoms with Crippen molar-refractivity contribution in [3.8, 4) is 0 Å². The molecule has 1 unspecified atom stereocenters. The molecule has 0 bridgehead atoms. The maximum atomic E-state index is 13.5. The van der Waals surface area contributed by atoms with Crippen LogP contribution < -0.4 is 10.6 Å². The highest BCUT2D eigenvalue weighted by molar-refractivity contribution is 6.31. The van der Waals surface area contributed by atoms with Gasteiger partial charge in [0.1, 0.15) is 6.04 Å². The van der Waals surface area contributed by atoms with Gasteiger partial charge in [-0.1, -0.05) is 23.7 Å². The van der Waals surface area contributed by atoms with Gasteiger partial charge in [-0.05, 0) is 18.6 Å². The summed E-state index contributed by atoms with van der Waals surface area (Å²) in [6, 6.07) is 2.14. The lowest BCUT2D eigenvalue weighted by atomic mass is 10.2. The van der Waals surface area contributed by atoms with Crippen LogP contribution in [0.1, 0.15) is 6.42 Å². The third kappa shape index (κ3) is 4.26. The maximum Gasteiger partial charge on any atom is 0.326 e. The zero-order valence-electron chi connectivity index (χ0n) is 9.82. The van der Waals surface area contributed by atoms with Crippen LogP contribution in [0.3, 0.4) is 0 Å². The summed E-state index contributed by atoms with van der Waals surface area (Å²) in [5.74, 6) is -1.99. The minimum absolute atomic E-state index is 0.0563. The topological polar surface area (TPSA) is 78.4 Å². The molecule has 0 radical (unpaired) electrons. The van der Waals surface area contributed by atoms with E-state index in [1.54, 1.807) is 0 Å². The van der Waals surface area contributed by atoms with E-state index in [1.807, 2.05) is 0 Å². The van der Waals surface area contributed by atoms with E-state index in [4.69, 9.17) is 16.7 Å². The second kappa shape index (κ2) is 6.75. The SMILES string of the molecule is C=CCC(NC(=O)Nc1cccc(Cl)c1F)C(=O)O. The molecule has 0 aliphatic rings. The Kier molecular flexibility index (Phi) is 5.32. The predicted molar refractivity (Wildman–Crippen MR) is 69.8 cm³/mol. The highest BCUT2D eigenvalue weighted by Crippen LogP contribution is 2.21. The van der Waals surface area contributed by atoms with Crippen LogP contribution in [0, 0.1) is 5.82 Å². The van der Waals surface area contributed by atoms with Crippen molar-refractivity contribution in [2.75, 3.05) is 5.32 Å². The number of carboxylic acids is 1. The lowest BCUT2D eigenvalue weighted by molar-refractivity contribution is -0.139. The monoisotopic (exact) mass is 286 g/mol. The lowest BCUT2D eigenvalue weighted by Gasteiger charge is -2.13. The largest absolute Gasteiger partial charge is 0.480 e. The summed E-state index contributed by atoms with van der Waals surface area (Å²) in [5.41, 5.74) is -0.132. The summed E-state index contributed by atoms with van der Waals surface area (Å²) < 4.78 is 13.5. The van der Waals surface area contributed by atoms with E-state index in [1.165, 1.54) is 24.3 Å². The van der Waals surface area contributed by atoms with Gasteiger partial charge in [-0.2, -0.15) is 0 Å². The highest BCUT2D eigenvalue weighted by Gasteiger charge is 2.19. The second-order valence-electron chi connectivity index (χ2n) is 3.62. The van der Waals surface area contributed by atoms with Crippen LogP contribution in [-0.4, -0.2) is 23.1 Å². The number of aliphatic carboxylic acids is 1. The molecule has 2 amide bonds. The van der Waals surface area contributed by atoms with Crippen LogP contribution in [0.25, 0.3) is 0 Å². The minimum atomic E-state index is -1.21. The molecule has 0 aromatic heterocycles. The van der Waals surface area contributed by atoms with Gasteiger partial charge in [0.25, 0.3) is 0 Å². The van der Waals surface area contributed by atoms with E-state index < -0.39 is 23.9 Å². The van der Waals surface area contributed by atoms with Crippen molar-refractivity contribution >= 4 is 29.3 Å². The van der Waals surface area contributed by atoms with Gasteiger partial charge in [0.15, 0.2) is 5.82 Å². The molecule has 1 aromatic rings. The van der Waals surface area contributed by atoms with Gasteiger partial charge >= 0.3 is 12.0 Å². The standard InChI is InChI=1S/C12H12ClFN2O3/c1-2-4-9(11(17)18)16-12(19)15-8-6-3-5-7(13)10(8)14/h2-3,5-6,9H,1,4H2,(H,17,18)(H2,15,16,19). The molecule has 0 spiro atoms. The number of anilines is 1. The number of benzene rings is 1. The molecule has 1 rings (SSSR count). The van der Waals surface area contributed by atoms with Crippen molar-refractivity contribution in [3.63, 3.8) is 0 Å². The first-order valence-corrected chi connectivity index (χ1v) is 5.68. The van der Waals surface area contributed by atoms with Crippen molar-refractivity contribution in [1.82, 2.24) is 5.32 Å². The van der Waals surface area contributed by atoms with E-state index in [0.717, 1.165) is 0 Å². The Balaban J connectivity index is 2.71. The fraction of sp³-hybridized carbons (Fsp3) is 0.167. The lowest BCUT2D eigenvalue weighted by Crippen LogP contribution is -2.42. The molecule has 0 saturated carbocycles. The number of amides is 2. The summed E-state index contributed by atoms with van der Waals surface area (Å²) >= 11 is 5.55. The van der Waals surface area contributed by atoms with Crippen LogP contribution in [0.5, 0.6) is 0 Å². The summed E-state index contributed by atoms with van der Waals surface area (Å²) in [6.45, 7) is 3.39. The molecule has 102 valence electrons. The van der Waals surface area contributed by atoms with Crippen LogP contribution in [0.4, 0.5) is 14.9 Å². The average Bonchev–Trinajstić information content (AvgIpc) is 2.34. The van der Waals surface area contributed by atoms with Gasteiger partial charge in [-0.3, -0.25) is 0 Å². The van der Waals surface area contributed by atoms with Crippen molar-refractivity contribution in [2.45, 2.75) is 12.5 Å². The van der Waals surface area contributed by atoms with Gasteiger partial charge in [-0.25, -0.2) is 14.0 Å². The quantitative estimate of drug-likeness (QED) is 0.728. The highest BCUT2D eigenvalue weighted by atomic mass is 35.5. The molecule has 7 heteroatoms. The van der Waals surface area contributed by atoms with E-state index in [0.29, 0.717) is 0 Å². The van der Waals surface area contributed by atoms with Crippen molar-refractivity contribution in [1.29, 1.82) is 0 Å². The van der Waals surface area contributed by atoms with Crippen molar-refractivity contribution in [2.24, 2.45) is 0 Å². The third-order valence-corrected chi connectivity index (χ3v) is 2.50. The number of carbonyl (C=O) groups is 2. The van der Waals surface area contributed by atoms with Crippen LogP contribution in [0.15, 0.2) is 30.9 Å². The maximum absolute atomic E-state index is 13.5. The number of nitrogens with one attached hydrogen (secondary N) is 2. The van der Waals surface area contributed by atoms with Crippen LogP contribution >= 0.6 is 11.6 Å². The summed E-state index contributed by atoms with van der Waals surface area (Å²) in [5, 5.41) is 13.1. The number of rotatable bonds is 5. The third-order valence-electron chi connectivity index (χ3n) is 2.21. The van der Waals surface area contributed by atoms with Gasteiger partial charge in [-0.15, -0.1) is 6.58 Å². The van der Waals surface area contributed by atoms with Gasteiger partial charge in [0, 0.05) is 0 Å². The number of urea groups is 1. The number of hydrogen-bond donors (Lipinski definition) is 3. The zero-order chi connectivity index (χ0) is 14.4. The van der Waals surface area contributed by atoms with Crippen LogP contribution in [-0.2, 0) is 4.79 Å². The van der Waals surface area contributed by atoms with E-state index in [2.05, 4.69) is 17.2 Å². The molecule has 3 N–H and O–H groups in total. The van der Waals surface area contributed by atoms with Crippen molar-refractivity contribution < 1.29 is 19.1 Å². The Morgan fingerprint density at radius 1 is 1.53 bits per heavy atom. The Morgan fingerprint density at radius 2 is 2.21 bits per heavy atom. The normalized spacial score (nSPS) is 11.5. The molecular weight excluding hydrogens is 275 g/mol. The molecule has 0 aliphatic carbocycles. The fourth-order valence-electron chi connectivity index (χ4n) is 1.31. The first-order valence-electron chi connectivity index (χ1n) is 5.31. The molecular formula is C12H12ClFN2O3. The van der Waals surface area contributed by atoms with Gasteiger partial charge in [0.2, 0.25) is 0 Å². The molecule has 1 aromatic carbocycles. The summed E-state index contributed by atoms with van der Waals surface area (Å²) in [4.78, 5) is 22.3. The van der Waals surface area contributed by atoms with E-state index in [9.17, 15) is 14.0 Å². The Morgan fingerprint density at radius 3 is 2.79 bits per heavy atom. The molecule has 0 fully saturated rings. The first-order chi connectivity index (χ1) is 8.95. The molecule has 1 atom stereocenters. The predicted octanol–water partition coefficient (Wildman–Crippen LogP) is 2.63.